The first-order chi connectivity index (χ1) is 50.6. The number of carboxylic acid groups (broad SMARTS) is 1. The Labute approximate surface area is 619 Å². The van der Waals surface area contributed by atoms with Crippen LogP contribution in [0.5, 0.6) is 0 Å². The van der Waals surface area contributed by atoms with E-state index in [1.165, 1.54) is 115 Å². The lowest BCUT2D eigenvalue weighted by atomic mass is 10.1. The number of nitrogens with two attached hydrogens (primary N) is 1. The summed E-state index contributed by atoms with van der Waals surface area (Å²) in [7, 11) is 2.67. The largest absolute Gasteiger partial charge is 0.477 e. The third-order valence-corrected chi connectivity index (χ3v) is 19.3. The number of furan rings is 3. The summed E-state index contributed by atoms with van der Waals surface area (Å²) in [5.74, 6) is -1.18. The minimum Gasteiger partial charge on any atom is -0.477 e. The standard InChI is InChI=1S/C30H18Cl2F3NO4S.C24H18F3NO3S.C12H7F3O2.C12H11NO2S/c31-20-9-11-22(23(32)14-20)28(37)36(24-15-26(41-27(24)29(38)39)17-5-2-1-3-6-17)16-21-10-12-25(40-21)18-7-4-8-19(13-18)30(33,34)35;1-30-23(29)22-19(13-21(32-22)15-6-3-2-4-7-15)28-14-18-10-11-20(31-18)16-8-5-9-17(12-16)24(25,26)27;13-12(14,15)9-3-1-2-8(6-9)11-5-4-10(7-16)17-11;1-15-12(14)11-9(13)7-10(16-11)8-5-3-2-4-6-8/h1-15H,16H2,(H,38,39);2-13,28H,14H2,1H3;1-7H;2-7H,13H2,1H3. The van der Waals surface area contributed by atoms with E-state index in [0.717, 1.165) is 74.2 Å². The number of alkyl halides is 9. The first kappa shape index (κ1) is 77.2. The van der Waals surface area contributed by atoms with Crippen LogP contribution < -0.4 is 16.0 Å². The second kappa shape index (κ2) is 34.0. The van der Waals surface area contributed by atoms with Gasteiger partial charge in [-0.2, -0.15) is 39.5 Å². The van der Waals surface area contributed by atoms with Crippen molar-refractivity contribution >= 4 is 104 Å². The first-order valence-electron chi connectivity index (χ1n) is 31.1. The zero-order valence-corrected chi connectivity index (χ0v) is 58.9. The highest BCUT2D eigenvalue weighted by molar-refractivity contribution is 7.18. The van der Waals surface area contributed by atoms with Crippen molar-refractivity contribution in [3.8, 4) is 65.3 Å². The van der Waals surface area contributed by atoms with Gasteiger partial charge in [0.1, 0.15) is 43.4 Å². The molecule has 0 aliphatic heterocycles. The molecule has 0 unspecified atom stereocenters. The number of methoxy groups -OCH3 is 2. The van der Waals surface area contributed by atoms with Gasteiger partial charge in [-0.1, -0.05) is 151 Å². The predicted octanol–water partition coefficient (Wildman–Crippen LogP) is 23.2. The zero-order valence-electron chi connectivity index (χ0n) is 54.9. The Balaban J connectivity index is 0.000000163. The molecule has 106 heavy (non-hydrogen) atoms. The average Bonchev–Trinajstić information content (AvgIpc) is 1.62. The number of nitrogens with one attached hydrogen (secondary N) is 1. The number of thiophene rings is 3. The predicted molar refractivity (Wildman–Crippen MR) is 390 cm³/mol. The van der Waals surface area contributed by atoms with Crippen LogP contribution >= 0.6 is 57.2 Å². The van der Waals surface area contributed by atoms with E-state index in [2.05, 4.69) is 10.1 Å². The van der Waals surface area contributed by atoms with Gasteiger partial charge in [0.25, 0.3) is 5.91 Å². The molecular formula is C78H54Cl2F9N3O11S3. The molecule has 13 aromatic rings. The average molecular weight is 1550 g/mol. The molecule has 6 aromatic heterocycles. The summed E-state index contributed by atoms with van der Waals surface area (Å²) in [4.78, 5) is 64.7. The molecule has 7 aromatic carbocycles. The van der Waals surface area contributed by atoms with Gasteiger partial charge in [-0.3, -0.25) is 14.5 Å². The summed E-state index contributed by atoms with van der Waals surface area (Å²) in [6.07, 6.45) is -12.9. The lowest BCUT2D eigenvalue weighted by Gasteiger charge is -2.22. The zero-order chi connectivity index (χ0) is 76.0. The number of anilines is 3. The molecule has 0 bridgehead atoms. The second-order valence-electron chi connectivity index (χ2n) is 22.4. The Hall–Kier alpha value is -11.4. The van der Waals surface area contributed by atoms with Gasteiger partial charge in [-0.25, -0.2) is 14.4 Å². The molecule has 28 heteroatoms. The Morgan fingerprint density at radius 2 is 0.915 bits per heavy atom. The molecule has 0 spiro atoms. The molecule has 0 saturated heterocycles. The number of nitrogen functional groups attached to an aromatic ring is 1. The fraction of sp³-hybridized carbons (Fsp3) is 0.0897. The number of carboxylic acids is 1. The number of hydrogen-bond acceptors (Lipinski definition) is 15. The topological polar surface area (TPSA) is 205 Å². The summed E-state index contributed by atoms with van der Waals surface area (Å²) in [5, 5.41) is 13.6. The summed E-state index contributed by atoms with van der Waals surface area (Å²) in [6.45, 7) is 0.00983. The lowest BCUT2D eigenvalue weighted by Crippen LogP contribution is -2.31. The van der Waals surface area contributed by atoms with Crippen LogP contribution in [0.3, 0.4) is 0 Å². The second-order valence-corrected chi connectivity index (χ2v) is 26.4. The van der Waals surface area contributed by atoms with Crippen LogP contribution in [-0.4, -0.2) is 49.4 Å². The van der Waals surface area contributed by atoms with Gasteiger partial charge in [0, 0.05) is 36.3 Å². The highest BCUT2D eigenvalue weighted by Gasteiger charge is 2.34. The third kappa shape index (κ3) is 19.5. The lowest BCUT2D eigenvalue weighted by molar-refractivity contribution is -0.138. The van der Waals surface area contributed by atoms with Gasteiger partial charge < -0.3 is 38.9 Å². The fourth-order valence-corrected chi connectivity index (χ4v) is 13.7. The van der Waals surface area contributed by atoms with Crippen molar-refractivity contribution in [2.75, 3.05) is 30.2 Å². The van der Waals surface area contributed by atoms with Crippen LogP contribution in [0, 0.1) is 0 Å². The first-order valence-corrected chi connectivity index (χ1v) is 34.3. The van der Waals surface area contributed by atoms with E-state index in [1.807, 2.05) is 97.1 Å². The van der Waals surface area contributed by atoms with E-state index in [9.17, 15) is 68.6 Å². The third-order valence-electron chi connectivity index (χ3n) is 15.3. The molecule has 0 fully saturated rings. The molecule has 6 heterocycles. The highest BCUT2D eigenvalue weighted by atomic mass is 35.5. The van der Waals surface area contributed by atoms with Crippen molar-refractivity contribution in [1.82, 2.24) is 0 Å². The van der Waals surface area contributed by atoms with Gasteiger partial charge in [-0.15, -0.1) is 34.0 Å². The Morgan fingerprint density at radius 3 is 1.38 bits per heavy atom. The highest BCUT2D eigenvalue weighted by Crippen LogP contribution is 2.42. The monoisotopic (exact) mass is 1550 g/mol. The number of carbonyl (C=O) groups is 5. The number of nitrogens with zero attached hydrogens (tertiary/aromatic N) is 1. The van der Waals surface area contributed by atoms with Gasteiger partial charge in [-0.05, 0) is 126 Å². The molecule has 0 aliphatic carbocycles. The van der Waals surface area contributed by atoms with Crippen LogP contribution in [0.2, 0.25) is 10.0 Å². The smallest absolute Gasteiger partial charge is 0.416 e. The van der Waals surface area contributed by atoms with Gasteiger partial charge in [0.15, 0.2) is 12.0 Å². The van der Waals surface area contributed by atoms with Crippen molar-refractivity contribution in [3.05, 3.63) is 301 Å². The molecule has 0 aliphatic rings. The molecule has 0 radical (unpaired) electrons. The molecule has 1 amide bonds. The normalized spacial score (nSPS) is 11.2. The number of ether oxygens (including phenoxy) is 2. The van der Waals surface area contributed by atoms with E-state index < -0.39 is 53.1 Å². The van der Waals surface area contributed by atoms with Crippen molar-refractivity contribution in [2.24, 2.45) is 0 Å². The van der Waals surface area contributed by atoms with Crippen LogP contribution in [0.25, 0.3) is 65.3 Å². The molecule has 542 valence electrons. The molecule has 13 rings (SSSR count). The van der Waals surface area contributed by atoms with Crippen LogP contribution in [-0.2, 0) is 41.1 Å². The maximum Gasteiger partial charge on any atom is 0.416 e. The van der Waals surface area contributed by atoms with Crippen LogP contribution in [0.4, 0.5) is 56.6 Å². The van der Waals surface area contributed by atoms with Crippen LogP contribution in [0.1, 0.15) is 78.1 Å². The number of benzene rings is 7. The van der Waals surface area contributed by atoms with E-state index >= 15 is 0 Å². The van der Waals surface area contributed by atoms with Crippen molar-refractivity contribution < 1.29 is 91.3 Å². The maximum absolute atomic E-state index is 13.9. The number of rotatable bonds is 17. The Bertz CT molecular complexity index is 5240. The molecule has 14 nitrogen and oxygen atoms in total. The Morgan fingerprint density at radius 1 is 0.491 bits per heavy atom. The summed E-state index contributed by atoms with van der Waals surface area (Å²) < 4.78 is 142. The number of aldehydes is 1. The van der Waals surface area contributed by atoms with Crippen molar-refractivity contribution in [3.63, 3.8) is 0 Å². The van der Waals surface area contributed by atoms with Crippen molar-refractivity contribution in [2.45, 2.75) is 31.6 Å². The van der Waals surface area contributed by atoms with E-state index in [1.54, 1.807) is 30.3 Å². The number of hydrogen-bond donors (Lipinski definition) is 3. The van der Waals surface area contributed by atoms with Gasteiger partial charge in [0.05, 0.1) is 71.6 Å². The maximum atomic E-state index is 13.9. The quantitative estimate of drug-likeness (QED) is 0.0441. The van der Waals surface area contributed by atoms with Gasteiger partial charge in [0.2, 0.25) is 0 Å². The van der Waals surface area contributed by atoms with E-state index in [4.69, 9.17) is 46.9 Å². The SMILES string of the molecule is COC(=O)c1sc(-c2ccccc2)cc1N.COC(=O)c1sc(-c2ccccc2)cc1NCc1ccc(-c2cccc(C(F)(F)F)c2)o1.O=C(O)c1sc(-c2ccccc2)cc1N(Cc1ccc(-c2cccc(C(F)(F)F)c2)o1)C(=O)c1ccc(Cl)cc1Cl.O=Cc1ccc(-c2cccc(C(F)(F)F)c2)o1. The number of amides is 1. The minimum absolute atomic E-state index is 0.0620. The van der Waals surface area contributed by atoms with E-state index in [0.29, 0.717) is 54.4 Å². The number of esters is 2. The summed E-state index contributed by atoms with van der Waals surface area (Å²) in [5.41, 5.74) is 8.28. The van der Waals surface area contributed by atoms with Crippen LogP contribution in [0.15, 0.2) is 250 Å². The summed E-state index contributed by atoms with van der Waals surface area (Å²) >= 11 is 16.0. The Kier molecular flexibility index (Phi) is 24.8. The number of carbonyl (C=O) groups excluding carboxylic acids is 4. The number of aromatic carboxylic acids is 1. The molecule has 0 atom stereocenters. The van der Waals surface area contributed by atoms with E-state index in [-0.39, 0.29) is 74.4 Å². The minimum atomic E-state index is -4.53. The fourth-order valence-electron chi connectivity index (χ4n) is 10.2. The van der Waals surface area contributed by atoms with Gasteiger partial charge >= 0.3 is 36.4 Å². The summed E-state index contributed by atoms with van der Waals surface area (Å²) in [6, 6.07) is 61.7. The number of halogens is 11. The molecular weight excluding hydrogens is 1490 g/mol. The van der Waals surface area contributed by atoms with Crippen molar-refractivity contribution in [1.29, 1.82) is 0 Å². The molecule has 0 saturated carbocycles. The molecule has 4 N–H and O–H groups in total.